The van der Waals surface area contributed by atoms with Crippen LogP contribution in [0.1, 0.15) is 33.1 Å². The van der Waals surface area contributed by atoms with Gasteiger partial charge in [-0.1, -0.05) is 13.3 Å². The van der Waals surface area contributed by atoms with Crippen LogP contribution < -0.4 is 11.1 Å². The molecule has 0 saturated heterocycles. The molecule has 8 nitrogen and oxygen atoms in total. The van der Waals surface area contributed by atoms with Crippen molar-refractivity contribution in [2.75, 3.05) is 39.5 Å². The number of carbonyl (C=O) groups excluding carboxylic acids is 2. The first-order chi connectivity index (χ1) is 11.6. The molecule has 0 aliphatic carbocycles. The molecule has 0 unspecified atom stereocenters. The second-order valence-electron chi connectivity index (χ2n) is 4.91. The number of hydrogen-bond acceptors (Lipinski definition) is 6. The van der Waals surface area contributed by atoms with Gasteiger partial charge >= 0.3 is 6.09 Å². The highest BCUT2D eigenvalue weighted by atomic mass is 16.6. The van der Waals surface area contributed by atoms with Gasteiger partial charge in [-0.05, 0) is 19.8 Å². The minimum absolute atomic E-state index is 0.155. The SMILES string of the molecule is CCCCOCCCNC(=O)/C(C#N)=C\N(CCN)C(=O)OCC. The Balaban J connectivity index is 4.44. The third kappa shape index (κ3) is 9.82. The molecular formula is C16H28N4O4. The molecule has 3 N–H and O–H groups in total. The number of hydrogen-bond donors (Lipinski definition) is 2. The summed E-state index contributed by atoms with van der Waals surface area (Å²) in [7, 11) is 0. The number of nitrogens with two attached hydrogens (primary N) is 1. The van der Waals surface area contributed by atoms with Crippen molar-refractivity contribution in [3.05, 3.63) is 11.8 Å². The molecule has 0 aliphatic heterocycles. The second kappa shape index (κ2) is 14.5. The molecule has 0 aromatic rings. The molecule has 0 rings (SSSR count). The van der Waals surface area contributed by atoms with Crippen molar-refractivity contribution < 1.29 is 19.1 Å². The van der Waals surface area contributed by atoms with E-state index in [1.807, 2.05) is 0 Å². The van der Waals surface area contributed by atoms with E-state index in [0.29, 0.717) is 26.2 Å². The number of nitrogens with zero attached hydrogens (tertiary/aromatic N) is 2. The van der Waals surface area contributed by atoms with Crippen molar-refractivity contribution in [2.24, 2.45) is 5.73 Å². The molecule has 0 bridgehead atoms. The smallest absolute Gasteiger partial charge is 0.413 e. The van der Waals surface area contributed by atoms with E-state index in [1.54, 1.807) is 13.0 Å². The van der Waals surface area contributed by atoms with Gasteiger partial charge in [-0.2, -0.15) is 5.26 Å². The third-order valence-electron chi connectivity index (χ3n) is 2.92. The summed E-state index contributed by atoms with van der Waals surface area (Å²) in [5.41, 5.74) is 5.25. The molecule has 0 radical (unpaired) electrons. The Morgan fingerprint density at radius 2 is 2.00 bits per heavy atom. The Hall–Kier alpha value is -2.11. The van der Waals surface area contributed by atoms with Gasteiger partial charge in [-0.15, -0.1) is 0 Å². The molecule has 0 fully saturated rings. The fourth-order valence-corrected chi connectivity index (χ4v) is 1.67. The zero-order valence-corrected chi connectivity index (χ0v) is 14.5. The number of carbonyl (C=O) groups is 2. The Morgan fingerprint density at radius 1 is 1.29 bits per heavy atom. The average Bonchev–Trinajstić information content (AvgIpc) is 2.57. The molecule has 0 saturated carbocycles. The molecular weight excluding hydrogens is 312 g/mol. The zero-order chi connectivity index (χ0) is 18.2. The van der Waals surface area contributed by atoms with E-state index in [0.717, 1.165) is 23.9 Å². The van der Waals surface area contributed by atoms with Crippen LogP contribution in [0.4, 0.5) is 4.79 Å². The summed E-state index contributed by atoms with van der Waals surface area (Å²) < 4.78 is 10.2. The maximum Gasteiger partial charge on any atom is 0.413 e. The van der Waals surface area contributed by atoms with Crippen LogP contribution >= 0.6 is 0 Å². The highest BCUT2D eigenvalue weighted by Gasteiger charge is 2.16. The van der Waals surface area contributed by atoms with Crippen molar-refractivity contribution in [3.8, 4) is 6.07 Å². The van der Waals surface area contributed by atoms with Crippen LogP contribution in [-0.2, 0) is 14.3 Å². The Morgan fingerprint density at radius 3 is 2.58 bits per heavy atom. The van der Waals surface area contributed by atoms with Gasteiger partial charge in [0, 0.05) is 39.0 Å². The maximum atomic E-state index is 12.0. The lowest BCUT2D eigenvalue weighted by Crippen LogP contribution is -2.34. The van der Waals surface area contributed by atoms with Crippen LogP contribution in [0.5, 0.6) is 0 Å². The van der Waals surface area contributed by atoms with E-state index in [-0.39, 0.29) is 25.3 Å². The van der Waals surface area contributed by atoms with Gasteiger partial charge in [0.15, 0.2) is 0 Å². The van der Waals surface area contributed by atoms with E-state index in [1.165, 1.54) is 0 Å². The standard InChI is InChI=1S/C16H28N4O4/c1-3-5-10-23-11-6-8-19-15(21)14(12-18)13-20(9-7-17)16(22)24-4-2/h13H,3-11,17H2,1-2H3,(H,19,21)/b14-13-. The van der Waals surface area contributed by atoms with Crippen molar-refractivity contribution in [3.63, 3.8) is 0 Å². The Kier molecular flexibility index (Phi) is 13.2. The van der Waals surface area contributed by atoms with E-state index >= 15 is 0 Å². The number of unbranched alkanes of at least 4 members (excludes halogenated alkanes) is 1. The summed E-state index contributed by atoms with van der Waals surface area (Å²) in [6, 6.07) is 1.78. The summed E-state index contributed by atoms with van der Waals surface area (Å²) >= 11 is 0. The van der Waals surface area contributed by atoms with Crippen LogP contribution in [0.25, 0.3) is 0 Å². The van der Waals surface area contributed by atoms with Gasteiger partial charge in [-0.25, -0.2) is 4.79 Å². The first-order valence-electron chi connectivity index (χ1n) is 8.21. The van der Waals surface area contributed by atoms with Gasteiger partial charge in [0.05, 0.1) is 6.61 Å². The van der Waals surface area contributed by atoms with Gasteiger partial charge in [0.2, 0.25) is 0 Å². The fourth-order valence-electron chi connectivity index (χ4n) is 1.67. The van der Waals surface area contributed by atoms with E-state index < -0.39 is 12.0 Å². The number of ether oxygens (including phenoxy) is 2. The summed E-state index contributed by atoms with van der Waals surface area (Å²) in [5.74, 6) is -0.544. The van der Waals surface area contributed by atoms with E-state index in [4.69, 9.17) is 20.5 Å². The predicted octanol–water partition coefficient (Wildman–Crippen LogP) is 1.13. The summed E-state index contributed by atoms with van der Waals surface area (Å²) in [5, 5.41) is 11.7. The lowest BCUT2D eigenvalue weighted by atomic mass is 10.3. The fraction of sp³-hybridized carbons (Fsp3) is 0.688. The van der Waals surface area contributed by atoms with Crippen LogP contribution in [-0.4, -0.2) is 56.4 Å². The molecule has 0 aromatic carbocycles. The minimum atomic E-state index is -0.646. The lowest BCUT2D eigenvalue weighted by Gasteiger charge is -2.17. The normalized spacial score (nSPS) is 10.8. The largest absolute Gasteiger partial charge is 0.449 e. The van der Waals surface area contributed by atoms with Crippen LogP contribution in [0.3, 0.4) is 0 Å². The van der Waals surface area contributed by atoms with Crippen molar-refractivity contribution in [1.29, 1.82) is 5.26 Å². The molecule has 0 aromatic heterocycles. The van der Waals surface area contributed by atoms with Gasteiger partial charge < -0.3 is 20.5 Å². The number of nitriles is 1. The molecule has 136 valence electrons. The number of amides is 2. The monoisotopic (exact) mass is 340 g/mol. The Labute approximate surface area is 143 Å². The predicted molar refractivity (Wildman–Crippen MR) is 89.8 cm³/mol. The Bertz CT molecular complexity index is 446. The van der Waals surface area contributed by atoms with Gasteiger partial charge in [0.1, 0.15) is 11.6 Å². The highest BCUT2D eigenvalue weighted by Crippen LogP contribution is 2.01. The summed E-state index contributed by atoms with van der Waals surface area (Å²) in [4.78, 5) is 24.8. The van der Waals surface area contributed by atoms with Crippen molar-refractivity contribution in [1.82, 2.24) is 10.2 Å². The molecule has 24 heavy (non-hydrogen) atoms. The van der Waals surface area contributed by atoms with Crippen molar-refractivity contribution >= 4 is 12.0 Å². The topological polar surface area (TPSA) is 118 Å². The molecule has 0 heterocycles. The summed E-state index contributed by atoms with van der Waals surface area (Å²) in [6.45, 7) is 5.94. The lowest BCUT2D eigenvalue weighted by molar-refractivity contribution is -0.117. The van der Waals surface area contributed by atoms with E-state index in [2.05, 4.69) is 12.2 Å². The summed E-state index contributed by atoms with van der Waals surface area (Å²) in [6.07, 6.45) is 3.26. The first kappa shape index (κ1) is 21.9. The van der Waals surface area contributed by atoms with Crippen molar-refractivity contribution in [2.45, 2.75) is 33.1 Å². The molecule has 0 atom stereocenters. The molecule has 0 spiro atoms. The zero-order valence-electron chi connectivity index (χ0n) is 14.5. The average molecular weight is 340 g/mol. The van der Waals surface area contributed by atoms with Gasteiger partial charge in [0.25, 0.3) is 5.91 Å². The van der Waals surface area contributed by atoms with Crippen LogP contribution in [0.2, 0.25) is 0 Å². The quantitative estimate of drug-likeness (QED) is 0.312. The van der Waals surface area contributed by atoms with Crippen LogP contribution in [0, 0.1) is 11.3 Å². The van der Waals surface area contributed by atoms with Crippen LogP contribution in [0.15, 0.2) is 11.8 Å². The highest BCUT2D eigenvalue weighted by molar-refractivity contribution is 5.97. The number of rotatable bonds is 12. The number of nitrogens with one attached hydrogen (secondary N) is 1. The molecule has 8 heteroatoms. The van der Waals surface area contributed by atoms with E-state index in [9.17, 15) is 9.59 Å². The second-order valence-corrected chi connectivity index (χ2v) is 4.91. The maximum absolute atomic E-state index is 12.0. The molecule has 0 aliphatic rings. The first-order valence-corrected chi connectivity index (χ1v) is 8.21. The third-order valence-corrected chi connectivity index (χ3v) is 2.92. The minimum Gasteiger partial charge on any atom is -0.449 e. The van der Waals surface area contributed by atoms with Gasteiger partial charge in [-0.3, -0.25) is 9.69 Å². The molecule has 2 amide bonds.